The molecule has 2 rings (SSSR count). The molecule has 0 spiro atoms. The van der Waals surface area contributed by atoms with Gasteiger partial charge in [0.1, 0.15) is 0 Å². The highest BCUT2D eigenvalue weighted by Gasteiger charge is 2.72. The first kappa shape index (κ1) is 14.4. The van der Waals surface area contributed by atoms with Gasteiger partial charge in [-0.25, -0.2) is 0 Å². The average molecular weight is 284 g/mol. The van der Waals surface area contributed by atoms with Crippen LogP contribution < -0.4 is 0 Å². The van der Waals surface area contributed by atoms with E-state index in [0.29, 0.717) is 13.0 Å². The first-order valence-electron chi connectivity index (χ1n) is 6.21. The lowest BCUT2D eigenvalue weighted by Crippen LogP contribution is -2.26. The second-order valence-electron chi connectivity index (χ2n) is 4.97. The van der Waals surface area contributed by atoms with Crippen LogP contribution in [0.3, 0.4) is 0 Å². The Morgan fingerprint density at radius 1 is 1.39 bits per heavy atom. The zero-order valence-corrected chi connectivity index (χ0v) is 11.7. The molecule has 7 heteroatoms. The van der Waals surface area contributed by atoms with Crippen molar-refractivity contribution < 1.29 is 27.1 Å². The summed E-state index contributed by atoms with van der Waals surface area (Å²) in [6, 6.07) is 0. The van der Waals surface area contributed by atoms with Gasteiger partial charge in [-0.05, 0) is 33.1 Å². The van der Waals surface area contributed by atoms with Crippen molar-refractivity contribution in [1.29, 1.82) is 0 Å². The summed E-state index contributed by atoms with van der Waals surface area (Å²) < 4.78 is 55.4. The lowest BCUT2D eigenvalue weighted by atomic mass is 10.1. The van der Waals surface area contributed by atoms with Crippen LogP contribution in [0.25, 0.3) is 0 Å². The molecule has 3 atom stereocenters. The van der Waals surface area contributed by atoms with Crippen molar-refractivity contribution in [3.8, 4) is 0 Å². The molecular formula is C11H19F2O4P. The van der Waals surface area contributed by atoms with Crippen LogP contribution in [-0.4, -0.2) is 31.1 Å². The molecule has 0 aromatic heterocycles. The van der Waals surface area contributed by atoms with Crippen molar-refractivity contribution in [3.05, 3.63) is 0 Å². The smallest absolute Gasteiger partial charge is 0.370 e. The van der Waals surface area contributed by atoms with E-state index >= 15 is 0 Å². The van der Waals surface area contributed by atoms with Crippen molar-refractivity contribution >= 4 is 7.60 Å². The summed E-state index contributed by atoms with van der Waals surface area (Å²) in [4.78, 5) is 0. The number of hydrogen-bond donors (Lipinski definition) is 0. The summed E-state index contributed by atoms with van der Waals surface area (Å²) in [5.41, 5.74) is -3.89. The van der Waals surface area contributed by atoms with Gasteiger partial charge in [-0.1, -0.05) is 0 Å². The third-order valence-corrected chi connectivity index (χ3v) is 5.84. The standard InChI is InChI=1S/C11H19F2O4P/c1-4-16-18(14,17-5-2)11(12,13)9-6-8(9)10(3)7-15-10/h8-9H,4-7H2,1-3H3/t8?,9-,10+/m1/s1. The van der Waals surface area contributed by atoms with Gasteiger partial charge in [-0.2, -0.15) is 8.78 Å². The molecular weight excluding hydrogens is 265 g/mol. The SMILES string of the molecule is CCOP(=O)(OCC)C(F)(F)[C@@H]1CC1[C@]1(C)CO1. The second-order valence-corrected chi connectivity index (χ2v) is 7.08. The molecule has 1 unspecified atom stereocenters. The Balaban J connectivity index is 2.11. The van der Waals surface area contributed by atoms with Crippen molar-refractivity contribution in [2.45, 2.75) is 38.5 Å². The van der Waals surface area contributed by atoms with E-state index in [0.717, 1.165) is 0 Å². The van der Waals surface area contributed by atoms with Gasteiger partial charge >= 0.3 is 13.3 Å². The van der Waals surface area contributed by atoms with E-state index in [9.17, 15) is 13.3 Å². The van der Waals surface area contributed by atoms with Crippen molar-refractivity contribution in [1.82, 2.24) is 0 Å². The molecule has 0 aromatic rings. The molecule has 106 valence electrons. The zero-order chi connectivity index (χ0) is 13.6. The van der Waals surface area contributed by atoms with Gasteiger partial charge in [0.15, 0.2) is 0 Å². The highest BCUT2D eigenvalue weighted by atomic mass is 31.2. The lowest BCUT2D eigenvalue weighted by molar-refractivity contribution is 0.0115. The predicted molar refractivity (Wildman–Crippen MR) is 61.8 cm³/mol. The largest absolute Gasteiger partial charge is 0.399 e. The molecule has 0 radical (unpaired) electrons. The number of hydrogen-bond acceptors (Lipinski definition) is 4. The number of ether oxygens (including phenoxy) is 1. The monoisotopic (exact) mass is 284 g/mol. The number of rotatable bonds is 7. The number of alkyl halides is 2. The molecule has 1 aliphatic carbocycles. The summed E-state index contributed by atoms with van der Waals surface area (Å²) >= 11 is 0. The van der Waals surface area contributed by atoms with Gasteiger partial charge in [0.2, 0.25) is 0 Å². The maximum atomic E-state index is 14.3. The average Bonchev–Trinajstić information content (AvgIpc) is 3.11. The van der Waals surface area contributed by atoms with Crippen LogP contribution in [0.4, 0.5) is 8.78 Å². The lowest BCUT2D eigenvalue weighted by Gasteiger charge is -2.26. The molecule has 1 aliphatic heterocycles. The summed E-state index contributed by atoms with van der Waals surface area (Å²) in [7, 11) is -4.38. The molecule has 2 fully saturated rings. The van der Waals surface area contributed by atoms with Crippen LogP contribution in [0.15, 0.2) is 0 Å². The van der Waals surface area contributed by atoms with Gasteiger partial charge in [-0.3, -0.25) is 4.57 Å². The fourth-order valence-corrected chi connectivity index (χ4v) is 4.12. The zero-order valence-electron chi connectivity index (χ0n) is 10.8. The first-order chi connectivity index (χ1) is 8.31. The summed E-state index contributed by atoms with van der Waals surface area (Å²) in [5, 5.41) is 0. The fraction of sp³-hybridized carbons (Fsp3) is 1.00. The number of halogens is 2. The molecule has 0 N–H and O–H groups in total. The highest BCUT2D eigenvalue weighted by molar-refractivity contribution is 7.55. The van der Waals surface area contributed by atoms with Crippen molar-refractivity contribution in [2.75, 3.05) is 19.8 Å². The van der Waals surface area contributed by atoms with E-state index < -0.39 is 24.8 Å². The van der Waals surface area contributed by atoms with Gasteiger partial charge < -0.3 is 13.8 Å². The first-order valence-corrected chi connectivity index (χ1v) is 7.76. The Morgan fingerprint density at radius 3 is 2.28 bits per heavy atom. The Kier molecular flexibility index (Phi) is 3.61. The van der Waals surface area contributed by atoms with Gasteiger partial charge in [0.05, 0.1) is 25.4 Å². The Bertz CT molecular complexity index is 360. The topological polar surface area (TPSA) is 48.1 Å². The second kappa shape index (κ2) is 4.51. The van der Waals surface area contributed by atoms with Crippen molar-refractivity contribution in [3.63, 3.8) is 0 Å². The van der Waals surface area contributed by atoms with E-state index in [1.807, 2.05) is 0 Å². The van der Waals surface area contributed by atoms with Crippen LogP contribution in [0.2, 0.25) is 0 Å². The van der Waals surface area contributed by atoms with Gasteiger partial charge in [-0.15, -0.1) is 0 Å². The molecule has 0 aromatic carbocycles. The quantitative estimate of drug-likeness (QED) is 0.532. The Morgan fingerprint density at radius 2 is 1.89 bits per heavy atom. The van der Waals surface area contributed by atoms with E-state index in [-0.39, 0.29) is 19.1 Å². The maximum Gasteiger partial charge on any atom is 0.399 e. The van der Waals surface area contributed by atoms with Gasteiger partial charge in [0, 0.05) is 5.92 Å². The summed E-state index contributed by atoms with van der Waals surface area (Å²) in [5.74, 6) is -1.21. The minimum Gasteiger partial charge on any atom is -0.370 e. The van der Waals surface area contributed by atoms with Gasteiger partial charge in [0.25, 0.3) is 0 Å². The van der Waals surface area contributed by atoms with E-state index in [1.54, 1.807) is 6.92 Å². The van der Waals surface area contributed by atoms with Crippen LogP contribution >= 0.6 is 7.60 Å². The molecule has 1 heterocycles. The Labute approximate surface area is 106 Å². The van der Waals surface area contributed by atoms with E-state index in [4.69, 9.17) is 13.8 Å². The van der Waals surface area contributed by atoms with Crippen LogP contribution in [0.1, 0.15) is 27.2 Å². The maximum absolute atomic E-state index is 14.3. The third-order valence-electron chi connectivity index (χ3n) is 3.58. The fourth-order valence-electron chi connectivity index (χ4n) is 2.33. The minimum absolute atomic E-state index is 0.0575. The molecule has 1 saturated heterocycles. The summed E-state index contributed by atoms with van der Waals surface area (Å²) in [6.07, 6.45) is 0.313. The molecule has 0 amide bonds. The molecule has 18 heavy (non-hydrogen) atoms. The molecule has 0 bridgehead atoms. The summed E-state index contributed by atoms with van der Waals surface area (Å²) in [6.45, 7) is 5.24. The normalized spacial score (nSPS) is 35.6. The molecule has 4 nitrogen and oxygen atoms in total. The molecule has 1 saturated carbocycles. The van der Waals surface area contributed by atoms with Crippen LogP contribution in [0, 0.1) is 11.8 Å². The van der Waals surface area contributed by atoms with E-state index in [2.05, 4.69) is 0 Å². The van der Waals surface area contributed by atoms with Crippen LogP contribution in [0.5, 0.6) is 0 Å². The van der Waals surface area contributed by atoms with Crippen molar-refractivity contribution in [2.24, 2.45) is 11.8 Å². The van der Waals surface area contributed by atoms with Crippen LogP contribution in [-0.2, 0) is 18.3 Å². The Hall–Kier alpha value is -0.0300. The highest BCUT2D eigenvalue weighted by Crippen LogP contribution is 2.73. The predicted octanol–water partition coefficient (Wildman–Crippen LogP) is 3.27. The number of epoxide rings is 1. The third kappa shape index (κ3) is 2.24. The molecule has 2 aliphatic rings. The van der Waals surface area contributed by atoms with E-state index in [1.165, 1.54) is 13.8 Å². The minimum atomic E-state index is -4.38.